The summed E-state index contributed by atoms with van der Waals surface area (Å²) in [5.41, 5.74) is 8.79. The van der Waals surface area contributed by atoms with Crippen LogP contribution in [0.2, 0.25) is 0 Å². The Balaban J connectivity index is 2.03. The quantitative estimate of drug-likeness (QED) is 0.684. The van der Waals surface area contributed by atoms with Crippen molar-refractivity contribution in [1.29, 1.82) is 0 Å². The molecule has 0 spiro atoms. The Morgan fingerprint density at radius 2 is 1.89 bits per heavy atom. The highest BCUT2D eigenvalue weighted by molar-refractivity contribution is 5.80. The zero-order valence-corrected chi connectivity index (χ0v) is 9.81. The van der Waals surface area contributed by atoms with E-state index in [9.17, 15) is 4.39 Å². The van der Waals surface area contributed by atoms with E-state index in [2.05, 4.69) is 4.57 Å². The first-order valence-corrected chi connectivity index (χ1v) is 5.82. The molecule has 0 unspecified atom stereocenters. The van der Waals surface area contributed by atoms with Gasteiger partial charge in [-0.05, 0) is 35.9 Å². The van der Waals surface area contributed by atoms with Crippen molar-refractivity contribution in [3.05, 3.63) is 66.1 Å². The second-order valence-electron chi connectivity index (χ2n) is 4.35. The van der Waals surface area contributed by atoms with Crippen LogP contribution in [0.1, 0.15) is 5.56 Å². The molecule has 1 heterocycles. The van der Waals surface area contributed by atoms with Crippen LogP contribution in [0.15, 0.2) is 54.7 Å². The summed E-state index contributed by atoms with van der Waals surface area (Å²) in [6.07, 6.45) is 1.95. The summed E-state index contributed by atoms with van der Waals surface area (Å²) in [6.45, 7) is 0.696. The normalized spacial score (nSPS) is 10.9. The molecular weight excluding hydrogens is 227 g/mol. The summed E-state index contributed by atoms with van der Waals surface area (Å²) in [7, 11) is 0. The minimum atomic E-state index is -0.209. The number of anilines is 1. The first-order valence-electron chi connectivity index (χ1n) is 5.82. The fourth-order valence-corrected chi connectivity index (χ4v) is 2.17. The SMILES string of the molecule is Nc1ccccc1Cn1ccc2cc(F)ccc21. The molecule has 0 amide bonds. The molecule has 0 aliphatic carbocycles. The largest absolute Gasteiger partial charge is 0.398 e. The number of nitrogens with two attached hydrogens (primary N) is 1. The third-order valence-electron chi connectivity index (χ3n) is 3.13. The number of hydrogen-bond donors (Lipinski definition) is 1. The Labute approximate surface area is 104 Å². The van der Waals surface area contributed by atoms with Crippen LogP contribution in [0.25, 0.3) is 10.9 Å². The first-order chi connectivity index (χ1) is 8.74. The summed E-state index contributed by atoms with van der Waals surface area (Å²) < 4.78 is 15.2. The van der Waals surface area contributed by atoms with E-state index in [1.807, 2.05) is 36.5 Å². The smallest absolute Gasteiger partial charge is 0.123 e. The van der Waals surface area contributed by atoms with Crippen LogP contribution in [0, 0.1) is 5.82 Å². The van der Waals surface area contributed by atoms with Crippen molar-refractivity contribution in [2.24, 2.45) is 0 Å². The molecule has 3 aromatic rings. The lowest BCUT2D eigenvalue weighted by atomic mass is 10.2. The number of nitrogen functional groups attached to an aromatic ring is 1. The van der Waals surface area contributed by atoms with Gasteiger partial charge in [0.25, 0.3) is 0 Å². The lowest BCUT2D eigenvalue weighted by Crippen LogP contribution is -2.01. The lowest BCUT2D eigenvalue weighted by molar-refractivity contribution is 0.629. The fraction of sp³-hybridized carbons (Fsp3) is 0.0667. The number of rotatable bonds is 2. The molecule has 0 atom stereocenters. The molecule has 0 aliphatic rings. The Morgan fingerprint density at radius 1 is 1.06 bits per heavy atom. The molecule has 3 rings (SSSR count). The number of fused-ring (bicyclic) bond motifs is 1. The van der Waals surface area contributed by atoms with Crippen molar-refractivity contribution in [3.63, 3.8) is 0 Å². The van der Waals surface area contributed by atoms with Gasteiger partial charge in [-0.2, -0.15) is 0 Å². The number of nitrogens with zero attached hydrogens (tertiary/aromatic N) is 1. The van der Waals surface area contributed by atoms with Gasteiger partial charge in [0.15, 0.2) is 0 Å². The Hall–Kier alpha value is -2.29. The molecule has 0 aliphatic heterocycles. The average molecular weight is 240 g/mol. The summed E-state index contributed by atoms with van der Waals surface area (Å²) in [6, 6.07) is 14.5. The Kier molecular flexibility index (Phi) is 2.52. The topological polar surface area (TPSA) is 30.9 Å². The highest BCUT2D eigenvalue weighted by Gasteiger charge is 2.04. The molecule has 0 bridgehead atoms. The molecule has 0 saturated heterocycles. The second kappa shape index (κ2) is 4.18. The van der Waals surface area contributed by atoms with E-state index in [0.29, 0.717) is 6.54 Å². The zero-order chi connectivity index (χ0) is 12.5. The predicted octanol–water partition coefficient (Wildman–Crippen LogP) is 3.41. The van der Waals surface area contributed by atoms with Crippen LogP contribution in [-0.4, -0.2) is 4.57 Å². The molecule has 18 heavy (non-hydrogen) atoms. The van der Waals surface area contributed by atoms with Crippen molar-refractivity contribution in [2.45, 2.75) is 6.54 Å². The van der Waals surface area contributed by atoms with Gasteiger partial charge in [0.05, 0.1) is 0 Å². The van der Waals surface area contributed by atoms with Gasteiger partial charge in [0, 0.05) is 29.3 Å². The van der Waals surface area contributed by atoms with Crippen LogP contribution >= 0.6 is 0 Å². The van der Waals surface area contributed by atoms with E-state index >= 15 is 0 Å². The third kappa shape index (κ3) is 1.84. The molecular formula is C15H13FN2. The number of hydrogen-bond acceptors (Lipinski definition) is 1. The molecule has 2 aromatic carbocycles. The third-order valence-corrected chi connectivity index (χ3v) is 3.13. The van der Waals surface area contributed by atoms with E-state index < -0.39 is 0 Å². The van der Waals surface area contributed by atoms with Gasteiger partial charge in [0.2, 0.25) is 0 Å². The van der Waals surface area contributed by atoms with E-state index in [1.54, 1.807) is 12.1 Å². The maximum Gasteiger partial charge on any atom is 0.123 e. The van der Waals surface area contributed by atoms with E-state index in [4.69, 9.17) is 5.73 Å². The number of benzene rings is 2. The van der Waals surface area contributed by atoms with Gasteiger partial charge >= 0.3 is 0 Å². The van der Waals surface area contributed by atoms with Crippen LogP contribution in [0.4, 0.5) is 10.1 Å². The molecule has 2 nitrogen and oxygen atoms in total. The van der Waals surface area contributed by atoms with E-state index in [0.717, 1.165) is 22.2 Å². The maximum atomic E-state index is 13.1. The number of para-hydroxylation sites is 1. The monoisotopic (exact) mass is 240 g/mol. The zero-order valence-electron chi connectivity index (χ0n) is 9.81. The number of aromatic nitrogens is 1. The van der Waals surface area contributed by atoms with Crippen molar-refractivity contribution in [1.82, 2.24) is 4.57 Å². The van der Waals surface area contributed by atoms with Crippen LogP contribution < -0.4 is 5.73 Å². The molecule has 0 fully saturated rings. The van der Waals surface area contributed by atoms with Crippen molar-refractivity contribution < 1.29 is 4.39 Å². The Morgan fingerprint density at radius 3 is 2.72 bits per heavy atom. The van der Waals surface area contributed by atoms with Gasteiger partial charge < -0.3 is 10.3 Å². The van der Waals surface area contributed by atoms with Crippen molar-refractivity contribution in [3.8, 4) is 0 Å². The maximum absolute atomic E-state index is 13.1. The minimum absolute atomic E-state index is 0.209. The van der Waals surface area contributed by atoms with Gasteiger partial charge in [-0.25, -0.2) is 4.39 Å². The molecule has 2 N–H and O–H groups in total. The minimum Gasteiger partial charge on any atom is -0.398 e. The van der Waals surface area contributed by atoms with Crippen molar-refractivity contribution in [2.75, 3.05) is 5.73 Å². The number of halogens is 1. The lowest BCUT2D eigenvalue weighted by Gasteiger charge is -2.08. The van der Waals surface area contributed by atoms with Gasteiger partial charge in [-0.15, -0.1) is 0 Å². The van der Waals surface area contributed by atoms with Crippen LogP contribution in [0.3, 0.4) is 0 Å². The van der Waals surface area contributed by atoms with Crippen molar-refractivity contribution >= 4 is 16.6 Å². The van der Waals surface area contributed by atoms with Crippen LogP contribution in [0.5, 0.6) is 0 Å². The Bertz CT molecular complexity index is 701. The van der Waals surface area contributed by atoms with E-state index in [-0.39, 0.29) is 5.82 Å². The molecule has 1 aromatic heterocycles. The second-order valence-corrected chi connectivity index (χ2v) is 4.35. The molecule has 90 valence electrons. The first kappa shape index (κ1) is 10.8. The van der Waals surface area contributed by atoms with Crippen LogP contribution in [-0.2, 0) is 6.54 Å². The highest BCUT2D eigenvalue weighted by Crippen LogP contribution is 2.20. The molecule has 3 heteroatoms. The highest BCUT2D eigenvalue weighted by atomic mass is 19.1. The van der Waals surface area contributed by atoms with Gasteiger partial charge in [0.1, 0.15) is 5.82 Å². The molecule has 0 saturated carbocycles. The molecule has 0 radical (unpaired) electrons. The van der Waals surface area contributed by atoms with Gasteiger partial charge in [-0.1, -0.05) is 18.2 Å². The summed E-state index contributed by atoms with van der Waals surface area (Å²) in [4.78, 5) is 0. The summed E-state index contributed by atoms with van der Waals surface area (Å²) in [5.74, 6) is -0.209. The summed E-state index contributed by atoms with van der Waals surface area (Å²) in [5, 5.41) is 0.907. The van der Waals surface area contributed by atoms with E-state index in [1.165, 1.54) is 6.07 Å². The van der Waals surface area contributed by atoms with Gasteiger partial charge in [-0.3, -0.25) is 0 Å². The standard InChI is InChI=1S/C15H13FN2/c16-13-5-6-15-11(9-13)7-8-18(15)10-12-3-1-2-4-14(12)17/h1-9H,10,17H2. The predicted molar refractivity (Wildman–Crippen MR) is 71.9 cm³/mol. The summed E-state index contributed by atoms with van der Waals surface area (Å²) >= 11 is 0. The average Bonchev–Trinajstić information content (AvgIpc) is 2.74. The fourth-order valence-electron chi connectivity index (χ4n) is 2.17.